The van der Waals surface area contributed by atoms with Crippen LogP contribution in [-0.4, -0.2) is 50.2 Å². The molecule has 0 saturated carbocycles. The molecule has 1 amide bonds. The number of nitrogens with one attached hydrogen (secondary N) is 1. The van der Waals surface area contributed by atoms with Gasteiger partial charge in [0.1, 0.15) is 5.92 Å². The van der Waals surface area contributed by atoms with Crippen molar-refractivity contribution in [1.82, 2.24) is 10.2 Å². The maximum atomic E-state index is 12.1. The van der Waals surface area contributed by atoms with E-state index in [4.69, 9.17) is 4.74 Å². The zero-order valence-electron chi connectivity index (χ0n) is 12.1. The number of hydrogen-bond donors (Lipinski definition) is 1. The molecule has 0 bridgehead atoms. The molecular weight excluding hydrogens is 266 g/mol. The van der Waals surface area contributed by atoms with E-state index in [1.54, 1.807) is 12.1 Å². The number of morpholine rings is 1. The highest BCUT2D eigenvalue weighted by molar-refractivity contribution is 5.86. The molecule has 1 aromatic carbocycles. The lowest BCUT2D eigenvalue weighted by Crippen LogP contribution is -2.38. The van der Waals surface area contributed by atoms with E-state index in [0.29, 0.717) is 6.54 Å². The summed E-state index contributed by atoms with van der Waals surface area (Å²) >= 11 is 0. The molecule has 0 radical (unpaired) electrons. The first-order chi connectivity index (χ1) is 10.3. The second-order valence-electron chi connectivity index (χ2n) is 5.07. The fraction of sp³-hybridized carbons (Fsp3) is 0.500. The molecule has 1 fully saturated rings. The molecule has 21 heavy (non-hydrogen) atoms. The molecule has 1 heterocycles. The van der Waals surface area contributed by atoms with E-state index in [1.165, 1.54) is 0 Å². The van der Waals surface area contributed by atoms with E-state index >= 15 is 0 Å². The summed E-state index contributed by atoms with van der Waals surface area (Å²) in [5, 5.41) is 12.0. The third-order valence-corrected chi connectivity index (χ3v) is 3.58. The van der Waals surface area contributed by atoms with Crippen LogP contribution in [-0.2, 0) is 9.53 Å². The number of carbonyl (C=O) groups is 1. The van der Waals surface area contributed by atoms with Gasteiger partial charge < -0.3 is 10.1 Å². The van der Waals surface area contributed by atoms with Crippen LogP contribution in [0, 0.1) is 11.3 Å². The Bertz CT molecular complexity index is 478. The summed E-state index contributed by atoms with van der Waals surface area (Å²) in [4.78, 5) is 14.4. The summed E-state index contributed by atoms with van der Waals surface area (Å²) in [7, 11) is 0. The van der Waals surface area contributed by atoms with Gasteiger partial charge in [-0.15, -0.1) is 0 Å². The van der Waals surface area contributed by atoms with E-state index in [-0.39, 0.29) is 5.91 Å². The van der Waals surface area contributed by atoms with Gasteiger partial charge in [0, 0.05) is 19.6 Å². The molecule has 112 valence electrons. The minimum Gasteiger partial charge on any atom is -0.379 e. The Morgan fingerprint density at radius 1 is 1.33 bits per heavy atom. The normalized spacial score (nSPS) is 16.9. The van der Waals surface area contributed by atoms with Crippen LogP contribution < -0.4 is 5.32 Å². The van der Waals surface area contributed by atoms with Crippen molar-refractivity contribution in [1.29, 1.82) is 5.26 Å². The van der Waals surface area contributed by atoms with Gasteiger partial charge in [0.25, 0.3) is 0 Å². The summed E-state index contributed by atoms with van der Waals surface area (Å²) in [6, 6.07) is 11.2. The van der Waals surface area contributed by atoms with Crippen molar-refractivity contribution in [3.8, 4) is 6.07 Å². The van der Waals surface area contributed by atoms with Crippen molar-refractivity contribution >= 4 is 5.91 Å². The lowest BCUT2D eigenvalue weighted by molar-refractivity contribution is -0.121. The SMILES string of the molecule is N#CC(C(=O)NCCCN1CCOCC1)c1ccccc1. The standard InChI is InChI=1S/C16H21N3O2/c17-13-15(14-5-2-1-3-6-14)16(20)18-7-4-8-19-9-11-21-12-10-19/h1-3,5-6,15H,4,7-12H2,(H,18,20). The van der Waals surface area contributed by atoms with Crippen LogP contribution in [0.3, 0.4) is 0 Å². The smallest absolute Gasteiger partial charge is 0.241 e. The number of nitriles is 1. The van der Waals surface area contributed by atoms with Gasteiger partial charge in [-0.1, -0.05) is 30.3 Å². The molecular formula is C16H21N3O2. The third kappa shape index (κ3) is 4.85. The van der Waals surface area contributed by atoms with E-state index in [2.05, 4.69) is 16.3 Å². The minimum absolute atomic E-state index is 0.217. The van der Waals surface area contributed by atoms with Gasteiger partial charge in [0.15, 0.2) is 0 Å². The number of hydrogen-bond acceptors (Lipinski definition) is 4. The zero-order chi connectivity index (χ0) is 14.9. The highest BCUT2D eigenvalue weighted by Gasteiger charge is 2.19. The monoisotopic (exact) mass is 287 g/mol. The Kier molecular flexibility index (Phi) is 6.20. The van der Waals surface area contributed by atoms with Crippen LogP contribution in [0.1, 0.15) is 17.9 Å². The lowest BCUT2D eigenvalue weighted by atomic mass is 10.00. The molecule has 1 saturated heterocycles. The summed E-state index contributed by atoms with van der Waals surface area (Å²) < 4.78 is 5.29. The van der Waals surface area contributed by atoms with Gasteiger partial charge in [0.05, 0.1) is 19.3 Å². The van der Waals surface area contributed by atoms with E-state index in [1.807, 2.05) is 18.2 Å². The molecule has 1 aliphatic heterocycles. The molecule has 1 aliphatic rings. The van der Waals surface area contributed by atoms with Crippen LogP contribution >= 0.6 is 0 Å². The van der Waals surface area contributed by atoms with Gasteiger partial charge in [-0.05, 0) is 18.5 Å². The van der Waals surface area contributed by atoms with Crippen molar-refractivity contribution in [2.75, 3.05) is 39.4 Å². The Morgan fingerprint density at radius 3 is 2.71 bits per heavy atom. The molecule has 1 N–H and O–H groups in total. The van der Waals surface area contributed by atoms with Crippen molar-refractivity contribution in [2.24, 2.45) is 0 Å². The molecule has 1 atom stereocenters. The molecule has 2 rings (SSSR count). The van der Waals surface area contributed by atoms with Crippen molar-refractivity contribution in [3.05, 3.63) is 35.9 Å². The first-order valence-corrected chi connectivity index (χ1v) is 7.33. The Balaban J connectivity index is 1.72. The predicted octanol–water partition coefficient (Wildman–Crippen LogP) is 1.13. The Morgan fingerprint density at radius 2 is 2.05 bits per heavy atom. The van der Waals surface area contributed by atoms with Crippen molar-refractivity contribution in [3.63, 3.8) is 0 Å². The second kappa shape index (κ2) is 8.40. The zero-order valence-corrected chi connectivity index (χ0v) is 12.1. The van der Waals surface area contributed by atoms with Gasteiger partial charge in [0.2, 0.25) is 5.91 Å². The molecule has 5 heteroatoms. The summed E-state index contributed by atoms with van der Waals surface area (Å²) in [5.41, 5.74) is 0.741. The van der Waals surface area contributed by atoms with E-state index in [0.717, 1.165) is 44.8 Å². The van der Waals surface area contributed by atoms with Gasteiger partial charge in [-0.3, -0.25) is 9.69 Å². The summed E-state index contributed by atoms with van der Waals surface area (Å²) in [6.07, 6.45) is 0.888. The molecule has 5 nitrogen and oxygen atoms in total. The number of carbonyl (C=O) groups excluding carboxylic acids is 1. The maximum absolute atomic E-state index is 12.1. The molecule has 1 aromatic rings. The largest absolute Gasteiger partial charge is 0.379 e. The number of ether oxygens (including phenoxy) is 1. The second-order valence-corrected chi connectivity index (χ2v) is 5.07. The minimum atomic E-state index is -0.727. The van der Waals surface area contributed by atoms with Crippen LogP contribution in [0.4, 0.5) is 0 Å². The van der Waals surface area contributed by atoms with Crippen LogP contribution in [0.5, 0.6) is 0 Å². The van der Waals surface area contributed by atoms with E-state index in [9.17, 15) is 10.1 Å². The van der Waals surface area contributed by atoms with Crippen LogP contribution in [0.2, 0.25) is 0 Å². The van der Waals surface area contributed by atoms with Crippen molar-refractivity contribution in [2.45, 2.75) is 12.3 Å². The van der Waals surface area contributed by atoms with Crippen LogP contribution in [0.25, 0.3) is 0 Å². The number of rotatable bonds is 6. The van der Waals surface area contributed by atoms with Crippen molar-refractivity contribution < 1.29 is 9.53 Å². The predicted molar refractivity (Wildman–Crippen MR) is 79.7 cm³/mol. The lowest BCUT2D eigenvalue weighted by Gasteiger charge is -2.26. The summed E-state index contributed by atoms with van der Waals surface area (Å²) in [5.74, 6) is -0.944. The molecule has 0 aromatic heterocycles. The van der Waals surface area contributed by atoms with Crippen LogP contribution in [0.15, 0.2) is 30.3 Å². The molecule has 0 spiro atoms. The van der Waals surface area contributed by atoms with Gasteiger partial charge >= 0.3 is 0 Å². The third-order valence-electron chi connectivity index (χ3n) is 3.58. The maximum Gasteiger partial charge on any atom is 0.241 e. The van der Waals surface area contributed by atoms with E-state index < -0.39 is 5.92 Å². The topological polar surface area (TPSA) is 65.4 Å². The highest BCUT2D eigenvalue weighted by atomic mass is 16.5. The van der Waals surface area contributed by atoms with Gasteiger partial charge in [-0.2, -0.15) is 5.26 Å². The Hall–Kier alpha value is -1.90. The highest BCUT2D eigenvalue weighted by Crippen LogP contribution is 2.14. The van der Waals surface area contributed by atoms with Gasteiger partial charge in [-0.25, -0.2) is 0 Å². The fourth-order valence-electron chi connectivity index (χ4n) is 2.37. The first-order valence-electron chi connectivity index (χ1n) is 7.33. The average molecular weight is 287 g/mol. The number of benzene rings is 1. The number of amides is 1. The fourth-order valence-corrected chi connectivity index (χ4v) is 2.37. The Labute approximate surface area is 125 Å². The molecule has 1 unspecified atom stereocenters. The summed E-state index contributed by atoms with van der Waals surface area (Å²) in [6.45, 7) is 5.04. The quantitative estimate of drug-likeness (QED) is 0.797. The number of nitrogens with zero attached hydrogens (tertiary/aromatic N) is 2. The first kappa shape index (κ1) is 15.5. The molecule has 0 aliphatic carbocycles. The average Bonchev–Trinajstić information content (AvgIpc) is 2.54.